The molecule has 0 aromatic heterocycles. The number of hydrogen-bond acceptors (Lipinski definition) is 7. The summed E-state index contributed by atoms with van der Waals surface area (Å²) in [6, 6.07) is 14.4. The number of esters is 2. The fourth-order valence-electron chi connectivity index (χ4n) is 2.41. The largest absolute Gasteiger partial charge is 0.490 e. The quantitative estimate of drug-likeness (QED) is 0.356. The van der Waals surface area contributed by atoms with Gasteiger partial charge in [-0.2, -0.15) is 0 Å². The minimum atomic E-state index is -1.00. The molecule has 0 aliphatic carbocycles. The highest BCUT2D eigenvalue weighted by Crippen LogP contribution is 2.20. The SMILES string of the molecule is CCCOC(=O)C(=O)COC(=O)CC(C)Oc1ccc(OCc2ccc(Cl)cc2)cc1. The molecule has 1 unspecified atom stereocenters. The Morgan fingerprint density at radius 3 is 2.23 bits per heavy atom. The molecule has 0 N–H and O–H groups in total. The predicted molar refractivity (Wildman–Crippen MR) is 114 cm³/mol. The van der Waals surface area contributed by atoms with Crippen LogP contribution in [0.1, 0.15) is 32.3 Å². The lowest BCUT2D eigenvalue weighted by atomic mass is 10.2. The van der Waals surface area contributed by atoms with Gasteiger partial charge in [0, 0.05) is 5.02 Å². The van der Waals surface area contributed by atoms with E-state index in [4.69, 9.17) is 25.8 Å². The number of ketones is 1. The Morgan fingerprint density at radius 2 is 1.58 bits per heavy atom. The number of hydrogen-bond donors (Lipinski definition) is 0. The monoisotopic (exact) mass is 448 g/mol. The minimum Gasteiger partial charge on any atom is -0.490 e. The van der Waals surface area contributed by atoms with Crippen LogP contribution < -0.4 is 9.47 Å². The summed E-state index contributed by atoms with van der Waals surface area (Å²) < 4.78 is 20.9. The molecule has 2 rings (SSSR count). The van der Waals surface area contributed by atoms with Gasteiger partial charge in [-0.15, -0.1) is 0 Å². The average Bonchev–Trinajstić information content (AvgIpc) is 2.76. The van der Waals surface area contributed by atoms with Crippen molar-refractivity contribution in [2.45, 2.75) is 39.4 Å². The topological polar surface area (TPSA) is 88.1 Å². The lowest BCUT2D eigenvalue weighted by Gasteiger charge is -2.14. The highest BCUT2D eigenvalue weighted by molar-refractivity contribution is 6.34. The van der Waals surface area contributed by atoms with E-state index < -0.39 is 30.4 Å². The summed E-state index contributed by atoms with van der Waals surface area (Å²) in [5, 5.41) is 0.671. The van der Waals surface area contributed by atoms with E-state index in [9.17, 15) is 14.4 Å². The zero-order valence-corrected chi connectivity index (χ0v) is 18.2. The van der Waals surface area contributed by atoms with E-state index in [0.717, 1.165) is 5.56 Å². The minimum absolute atomic E-state index is 0.0773. The van der Waals surface area contributed by atoms with Crippen molar-refractivity contribution in [2.24, 2.45) is 0 Å². The molecule has 0 spiro atoms. The highest BCUT2D eigenvalue weighted by Gasteiger charge is 2.19. The Kier molecular flexibility index (Phi) is 9.84. The Morgan fingerprint density at radius 1 is 0.935 bits per heavy atom. The van der Waals surface area contributed by atoms with Gasteiger partial charge in [0.15, 0.2) is 6.61 Å². The summed E-state index contributed by atoms with van der Waals surface area (Å²) in [5.41, 5.74) is 0.994. The Bertz CT molecular complexity index is 862. The fourth-order valence-corrected chi connectivity index (χ4v) is 2.54. The van der Waals surface area contributed by atoms with E-state index in [-0.39, 0.29) is 13.0 Å². The van der Waals surface area contributed by atoms with Gasteiger partial charge in [-0.05, 0) is 55.3 Å². The maximum absolute atomic E-state index is 11.8. The van der Waals surface area contributed by atoms with E-state index in [1.165, 1.54) is 0 Å². The van der Waals surface area contributed by atoms with Crippen LogP contribution >= 0.6 is 11.6 Å². The molecule has 2 aromatic carbocycles. The van der Waals surface area contributed by atoms with Crippen molar-refractivity contribution in [3.05, 3.63) is 59.1 Å². The molecule has 0 fully saturated rings. The first kappa shape index (κ1) is 24.2. The molecule has 0 aliphatic rings. The maximum Gasteiger partial charge on any atom is 0.378 e. The molecule has 0 saturated carbocycles. The third kappa shape index (κ3) is 9.09. The Labute approximate surface area is 186 Å². The molecule has 0 radical (unpaired) electrons. The van der Waals surface area contributed by atoms with Crippen molar-refractivity contribution in [3.63, 3.8) is 0 Å². The van der Waals surface area contributed by atoms with Crippen molar-refractivity contribution < 1.29 is 33.3 Å². The number of halogens is 1. The normalized spacial score (nSPS) is 11.3. The van der Waals surface area contributed by atoms with Crippen LogP contribution in [-0.4, -0.2) is 37.0 Å². The van der Waals surface area contributed by atoms with Gasteiger partial charge in [0.2, 0.25) is 0 Å². The summed E-state index contributed by atoms with van der Waals surface area (Å²) in [7, 11) is 0. The number of Topliss-reactive ketones (excluding diaryl/α,β-unsaturated/α-hetero) is 1. The van der Waals surface area contributed by atoms with Crippen molar-refractivity contribution in [2.75, 3.05) is 13.2 Å². The van der Waals surface area contributed by atoms with Crippen LogP contribution in [0.15, 0.2) is 48.5 Å². The molecule has 2 aromatic rings. The molecule has 8 heteroatoms. The molecule has 31 heavy (non-hydrogen) atoms. The van der Waals surface area contributed by atoms with E-state index in [1.54, 1.807) is 50.2 Å². The van der Waals surface area contributed by atoms with Gasteiger partial charge in [-0.25, -0.2) is 4.79 Å². The summed E-state index contributed by atoms with van der Waals surface area (Å²) in [5.74, 6) is -1.32. The summed E-state index contributed by atoms with van der Waals surface area (Å²) in [6.07, 6.45) is 0.0327. The standard InChI is InChI=1S/C23H25ClO7/c1-3-12-28-23(27)21(25)15-30-22(26)13-16(2)31-20-10-8-19(9-11-20)29-14-17-4-6-18(24)7-5-17/h4-11,16H,3,12-15H2,1-2H3. The molecule has 1 atom stereocenters. The second kappa shape index (κ2) is 12.6. The van der Waals surface area contributed by atoms with Crippen LogP contribution in [-0.2, 0) is 30.5 Å². The van der Waals surface area contributed by atoms with Crippen LogP contribution in [0.5, 0.6) is 11.5 Å². The highest BCUT2D eigenvalue weighted by atomic mass is 35.5. The molecule has 0 saturated heterocycles. The summed E-state index contributed by atoms with van der Waals surface area (Å²) in [6.45, 7) is 3.41. The first-order valence-electron chi connectivity index (χ1n) is 9.87. The predicted octanol–water partition coefficient (Wildman–Crippen LogP) is 4.14. The van der Waals surface area contributed by atoms with E-state index in [1.807, 2.05) is 12.1 Å². The van der Waals surface area contributed by atoms with Gasteiger partial charge in [-0.3, -0.25) is 9.59 Å². The van der Waals surface area contributed by atoms with Gasteiger partial charge < -0.3 is 18.9 Å². The zero-order chi connectivity index (χ0) is 22.6. The van der Waals surface area contributed by atoms with E-state index in [2.05, 4.69) is 4.74 Å². The second-order valence-corrected chi connectivity index (χ2v) is 7.18. The molecule has 0 aliphatic heterocycles. The van der Waals surface area contributed by atoms with Crippen LogP contribution in [0, 0.1) is 0 Å². The summed E-state index contributed by atoms with van der Waals surface area (Å²) >= 11 is 5.86. The molecule has 166 valence electrons. The van der Waals surface area contributed by atoms with Gasteiger partial charge in [0.25, 0.3) is 5.78 Å². The Hall–Kier alpha value is -3.06. The number of benzene rings is 2. The molecule has 0 bridgehead atoms. The molecular formula is C23H25ClO7. The third-order valence-electron chi connectivity index (χ3n) is 3.96. The fraction of sp³-hybridized carbons (Fsp3) is 0.348. The van der Waals surface area contributed by atoms with Crippen LogP contribution in [0.25, 0.3) is 0 Å². The molecule has 0 amide bonds. The van der Waals surface area contributed by atoms with Gasteiger partial charge in [0.05, 0.1) is 13.0 Å². The van der Waals surface area contributed by atoms with Crippen molar-refractivity contribution in [1.29, 1.82) is 0 Å². The Balaban J connectivity index is 1.71. The smallest absolute Gasteiger partial charge is 0.378 e. The summed E-state index contributed by atoms with van der Waals surface area (Å²) in [4.78, 5) is 34.7. The first-order chi connectivity index (χ1) is 14.9. The lowest BCUT2D eigenvalue weighted by molar-refractivity contribution is -0.159. The third-order valence-corrected chi connectivity index (χ3v) is 4.22. The maximum atomic E-state index is 11.8. The molecular weight excluding hydrogens is 424 g/mol. The van der Waals surface area contributed by atoms with Crippen molar-refractivity contribution in [1.82, 2.24) is 0 Å². The van der Waals surface area contributed by atoms with Crippen molar-refractivity contribution >= 4 is 29.3 Å². The number of carbonyl (C=O) groups is 3. The van der Waals surface area contributed by atoms with Gasteiger partial charge in [0.1, 0.15) is 24.2 Å². The van der Waals surface area contributed by atoms with Crippen LogP contribution in [0.2, 0.25) is 5.02 Å². The molecule has 0 heterocycles. The average molecular weight is 449 g/mol. The number of rotatable bonds is 12. The van der Waals surface area contributed by atoms with Gasteiger partial charge >= 0.3 is 11.9 Å². The zero-order valence-electron chi connectivity index (χ0n) is 17.5. The number of ether oxygens (including phenoxy) is 4. The van der Waals surface area contributed by atoms with E-state index in [0.29, 0.717) is 29.5 Å². The lowest BCUT2D eigenvalue weighted by Crippen LogP contribution is -2.26. The van der Waals surface area contributed by atoms with E-state index >= 15 is 0 Å². The van der Waals surface area contributed by atoms with Crippen LogP contribution in [0.4, 0.5) is 0 Å². The second-order valence-electron chi connectivity index (χ2n) is 6.74. The number of carbonyl (C=O) groups excluding carboxylic acids is 3. The van der Waals surface area contributed by atoms with Gasteiger partial charge in [-0.1, -0.05) is 30.7 Å². The van der Waals surface area contributed by atoms with Crippen LogP contribution in [0.3, 0.4) is 0 Å². The van der Waals surface area contributed by atoms with Crippen molar-refractivity contribution in [3.8, 4) is 11.5 Å². The first-order valence-corrected chi connectivity index (χ1v) is 10.2. The molecule has 7 nitrogen and oxygen atoms in total.